The average molecular weight is 453 g/mol. The van der Waals surface area contributed by atoms with E-state index in [2.05, 4.69) is 67.6 Å². The summed E-state index contributed by atoms with van der Waals surface area (Å²) < 4.78 is 6.69. The number of rotatable bonds is 3. The molecule has 4 aliphatic carbocycles. The monoisotopic (exact) mass is 452 g/mol. The molecule has 5 unspecified atom stereocenters. The van der Waals surface area contributed by atoms with E-state index in [1.807, 2.05) is 13.2 Å². The lowest BCUT2D eigenvalue weighted by Crippen LogP contribution is -2.43. The smallest absolute Gasteiger partial charge is 0.0992 e. The van der Waals surface area contributed by atoms with Gasteiger partial charge in [0.15, 0.2) is 0 Å². The van der Waals surface area contributed by atoms with Gasteiger partial charge in [-0.1, -0.05) is 48.0 Å². The molecule has 4 aliphatic rings. The number of benzene rings is 4. The zero-order valence-corrected chi connectivity index (χ0v) is 20.0. The van der Waals surface area contributed by atoms with Crippen LogP contribution in [0.2, 0.25) is 5.02 Å². The Labute approximate surface area is 200 Å². The van der Waals surface area contributed by atoms with Gasteiger partial charge >= 0.3 is 0 Å². The molecule has 4 bridgehead atoms. The van der Waals surface area contributed by atoms with Crippen LogP contribution in [0.5, 0.6) is 0 Å². The van der Waals surface area contributed by atoms with Crippen LogP contribution in [0.1, 0.15) is 36.8 Å². The molecule has 4 aromatic carbocycles. The van der Waals surface area contributed by atoms with Crippen molar-refractivity contribution in [2.24, 2.45) is 23.7 Å². The van der Waals surface area contributed by atoms with Crippen molar-refractivity contribution in [3.05, 3.63) is 82.9 Å². The number of hydrogen-bond donors (Lipinski definition) is 0. The highest BCUT2D eigenvalue weighted by atomic mass is 35.5. The SMILES string of the molecule is COC1(c2cc3ccccc3cc2-c2cc3ccc(Cl)cc3cc2C)C2CC3CC(C2)C1C3. The lowest BCUT2D eigenvalue weighted by atomic mass is 9.67. The van der Waals surface area contributed by atoms with E-state index in [0.717, 1.165) is 16.9 Å². The quantitative estimate of drug-likeness (QED) is 0.302. The summed E-state index contributed by atoms with van der Waals surface area (Å²) in [6, 6.07) is 24.6. The second-order valence-corrected chi connectivity index (χ2v) is 11.2. The van der Waals surface area contributed by atoms with E-state index in [4.69, 9.17) is 16.3 Å². The van der Waals surface area contributed by atoms with Crippen molar-refractivity contribution in [1.82, 2.24) is 0 Å². The Bertz CT molecular complexity index is 1420. The maximum atomic E-state index is 6.69. The molecule has 4 aromatic rings. The largest absolute Gasteiger partial charge is 0.373 e. The van der Waals surface area contributed by atoms with Gasteiger partial charge < -0.3 is 4.74 Å². The highest BCUT2D eigenvalue weighted by Crippen LogP contribution is 2.68. The van der Waals surface area contributed by atoms with Crippen LogP contribution in [0.3, 0.4) is 0 Å². The zero-order chi connectivity index (χ0) is 22.3. The molecule has 0 N–H and O–H groups in total. The summed E-state index contributed by atoms with van der Waals surface area (Å²) in [5.41, 5.74) is 5.21. The van der Waals surface area contributed by atoms with E-state index in [9.17, 15) is 0 Å². The van der Waals surface area contributed by atoms with Gasteiger partial charge in [-0.25, -0.2) is 0 Å². The molecule has 8 rings (SSSR count). The summed E-state index contributed by atoms with van der Waals surface area (Å²) in [5.74, 6) is 3.01. The third-order valence-electron chi connectivity index (χ3n) is 9.24. The second kappa shape index (κ2) is 7.08. The first-order valence-electron chi connectivity index (χ1n) is 12.4. The summed E-state index contributed by atoms with van der Waals surface area (Å²) in [6.45, 7) is 2.24. The maximum Gasteiger partial charge on any atom is 0.0992 e. The highest BCUT2D eigenvalue weighted by molar-refractivity contribution is 6.31. The van der Waals surface area contributed by atoms with E-state index in [1.165, 1.54) is 69.5 Å². The fraction of sp³-hybridized carbons (Fsp3) is 0.355. The predicted octanol–water partition coefficient (Wildman–Crippen LogP) is 8.53. The van der Waals surface area contributed by atoms with Crippen molar-refractivity contribution in [3.63, 3.8) is 0 Å². The molecule has 0 aliphatic heterocycles. The van der Waals surface area contributed by atoms with Crippen LogP contribution in [0, 0.1) is 30.6 Å². The van der Waals surface area contributed by atoms with Crippen LogP contribution in [-0.2, 0) is 10.3 Å². The molecule has 2 heteroatoms. The Morgan fingerprint density at radius 1 is 0.788 bits per heavy atom. The summed E-state index contributed by atoms with van der Waals surface area (Å²) >= 11 is 6.30. The van der Waals surface area contributed by atoms with Crippen molar-refractivity contribution >= 4 is 33.1 Å². The van der Waals surface area contributed by atoms with Gasteiger partial charge in [-0.05, 0) is 130 Å². The molecule has 4 saturated carbocycles. The van der Waals surface area contributed by atoms with E-state index < -0.39 is 0 Å². The molecule has 0 aromatic heterocycles. The van der Waals surface area contributed by atoms with E-state index >= 15 is 0 Å². The van der Waals surface area contributed by atoms with Crippen molar-refractivity contribution in [1.29, 1.82) is 0 Å². The third kappa shape index (κ3) is 2.76. The Kier molecular flexibility index (Phi) is 4.30. The molecule has 0 amide bonds. The summed E-state index contributed by atoms with van der Waals surface area (Å²) in [7, 11) is 1.97. The van der Waals surface area contributed by atoms with Gasteiger partial charge in [0.25, 0.3) is 0 Å². The third-order valence-corrected chi connectivity index (χ3v) is 9.47. The lowest BCUT2D eigenvalue weighted by Gasteiger charge is -2.45. The fourth-order valence-corrected chi connectivity index (χ4v) is 8.22. The number of halogens is 1. The van der Waals surface area contributed by atoms with Crippen LogP contribution in [0.15, 0.2) is 66.7 Å². The minimum atomic E-state index is -0.168. The first-order valence-corrected chi connectivity index (χ1v) is 12.7. The Morgan fingerprint density at radius 3 is 2.33 bits per heavy atom. The van der Waals surface area contributed by atoms with Crippen LogP contribution < -0.4 is 0 Å². The normalized spacial score (nSPS) is 30.0. The molecule has 0 spiro atoms. The van der Waals surface area contributed by atoms with Gasteiger partial charge in [0, 0.05) is 12.1 Å². The van der Waals surface area contributed by atoms with Gasteiger partial charge in [-0.2, -0.15) is 0 Å². The maximum absolute atomic E-state index is 6.69. The Balaban J connectivity index is 1.53. The first kappa shape index (κ1) is 20.1. The minimum absolute atomic E-state index is 0.168. The van der Waals surface area contributed by atoms with Crippen molar-refractivity contribution in [3.8, 4) is 11.1 Å². The van der Waals surface area contributed by atoms with Crippen molar-refractivity contribution in [2.75, 3.05) is 7.11 Å². The molecular weight excluding hydrogens is 424 g/mol. The molecule has 166 valence electrons. The summed E-state index contributed by atoms with van der Waals surface area (Å²) in [5, 5.41) is 5.84. The first-order chi connectivity index (χ1) is 16.1. The number of fused-ring (bicyclic) bond motifs is 2. The molecular formula is C31H29ClO. The van der Waals surface area contributed by atoms with Crippen molar-refractivity contribution < 1.29 is 4.74 Å². The topological polar surface area (TPSA) is 9.23 Å². The number of ether oxygens (including phenoxy) is 1. The van der Waals surface area contributed by atoms with Gasteiger partial charge in [-0.15, -0.1) is 0 Å². The van der Waals surface area contributed by atoms with Crippen LogP contribution in [0.4, 0.5) is 0 Å². The van der Waals surface area contributed by atoms with Crippen molar-refractivity contribution in [2.45, 2.75) is 38.2 Å². The summed E-state index contributed by atoms with van der Waals surface area (Å²) in [4.78, 5) is 0. The van der Waals surface area contributed by atoms with Crippen LogP contribution in [0.25, 0.3) is 32.7 Å². The molecule has 5 atom stereocenters. The van der Waals surface area contributed by atoms with Crippen LogP contribution in [-0.4, -0.2) is 7.11 Å². The van der Waals surface area contributed by atoms with E-state index in [-0.39, 0.29) is 5.60 Å². The van der Waals surface area contributed by atoms with Gasteiger partial charge in [0.2, 0.25) is 0 Å². The van der Waals surface area contributed by atoms with Gasteiger partial charge in [-0.3, -0.25) is 0 Å². The van der Waals surface area contributed by atoms with E-state index in [1.54, 1.807) is 0 Å². The lowest BCUT2D eigenvalue weighted by molar-refractivity contribution is -0.103. The Hall–Kier alpha value is -2.35. The summed E-state index contributed by atoms with van der Waals surface area (Å²) in [6.07, 6.45) is 5.39. The second-order valence-electron chi connectivity index (χ2n) is 10.8. The fourth-order valence-electron chi connectivity index (χ4n) is 8.04. The number of hydrogen-bond acceptors (Lipinski definition) is 1. The van der Waals surface area contributed by atoms with Crippen LogP contribution >= 0.6 is 11.6 Å². The average Bonchev–Trinajstić information content (AvgIpc) is 3.23. The number of methoxy groups -OCH3 is 1. The molecule has 0 radical (unpaired) electrons. The minimum Gasteiger partial charge on any atom is -0.373 e. The zero-order valence-electron chi connectivity index (χ0n) is 19.3. The molecule has 1 nitrogen and oxygen atoms in total. The molecule has 4 fully saturated rings. The molecule has 0 heterocycles. The number of aryl methyl sites for hydroxylation is 1. The van der Waals surface area contributed by atoms with E-state index in [0.29, 0.717) is 11.8 Å². The standard InChI is InChI=1S/C31H29ClO/c1-18-9-23-14-26(32)8-7-22(23)15-27(18)28-16-20-5-3-4-6-21(20)17-30(28)31(33-2)25-11-19-10-24(13-25)29(31)12-19/h3-9,14-17,19,24-25,29H,10-13H2,1-2H3. The molecule has 33 heavy (non-hydrogen) atoms. The van der Waals surface area contributed by atoms with Gasteiger partial charge in [0.1, 0.15) is 0 Å². The predicted molar refractivity (Wildman–Crippen MR) is 138 cm³/mol. The highest BCUT2D eigenvalue weighted by Gasteiger charge is 2.64. The van der Waals surface area contributed by atoms with Gasteiger partial charge in [0.05, 0.1) is 5.60 Å². The Morgan fingerprint density at radius 2 is 1.55 bits per heavy atom. The molecule has 0 saturated heterocycles.